The number of ether oxygens (including phenoxy) is 1. The summed E-state index contributed by atoms with van der Waals surface area (Å²) < 4.78 is 64.5. The molecule has 2 aliphatic rings. The number of hydrogen-bond acceptors (Lipinski definition) is 11. The summed E-state index contributed by atoms with van der Waals surface area (Å²) in [6.07, 6.45) is 3.84. The number of aliphatic hydroxyl groups is 1. The first kappa shape index (κ1) is 53.2. The van der Waals surface area contributed by atoms with Gasteiger partial charge in [0.15, 0.2) is 23.1 Å². The van der Waals surface area contributed by atoms with Gasteiger partial charge in [0.25, 0.3) is 11.8 Å². The number of ketones is 1. The zero-order valence-corrected chi connectivity index (χ0v) is 41.8. The first-order valence-electron chi connectivity index (χ1n) is 22.8. The minimum Gasteiger partial charge on any atom is -0.485 e. The van der Waals surface area contributed by atoms with Gasteiger partial charge in [-0.3, -0.25) is 28.8 Å². The number of aliphatic hydroxyl groups excluding tert-OH is 1. The molecular weight excluding hydrogens is 1040 g/mol. The van der Waals surface area contributed by atoms with Gasteiger partial charge in [-0.25, -0.2) is 28.0 Å². The number of likely N-dealkylation sites (tertiary alicyclic amines) is 1. The Morgan fingerprint density at radius 1 is 0.971 bits per heavy atom. The third kappa shape index (κ3) is 14.2. The van der Waals surface area contributed by atoms with Crippen LogP contribution in [0.1, 0.15) is 107 Å². The Labute approximate surface area is 415 Å². The monoisotopic (exact) mass is 1090 g/mol. The molecule has 1 aliphatic carbocycles. The molecule has 0 radical (unpaired) electrons. The lowest BCUT2D eigenvalue weighted by molar-refractivity contribution is -0.145. The smallest absolute Gasteiger partial charge is 0.277 e. The van der Waals surface area contributed by atoms with Gasteiger partial charge >= 0.3 is 0 Å². The van der Waals surface area contributed by atoms with Crippen molar-refractivity contribution in [3.05, 3.63) is 91.9 Å². The molecule has 1 aromatic heterocycles. The molecule has 20 heteroatoms. The van der Waals surface area contributed by atoms with Crippen molar-refractivity contribution in [1.29, 1.82) is 0 Å². The number of thiazole rings is 1. The lowest BCUT2D eigenvalue weighted by atomic mass is 9.85. The second-order valence-corrected chi connectivity index (χ2v) is 20.6. The van der Waals surface area contributed by atoms with E-state index in [0.717, 1.165) is 54.0 Å². The van der Waals surface area contributed by atoms with Crippen LogP contribution in [0.4, 0.5) is 28.9 Å². The van der Waals surface area contributed by atoms with Gasteiger partial charge in [-0.2, -0.15) is 0 Å². The van der Waals surface area contributed by atoms with Crippen LogP contribution in [0.2, 0.25) is 0 Å². The highest BCUT2D eigenvalue weighted by Gasteiger charge is 2.53. The lowest BCUT2D eigenvalue weighted by Crippen LogP contribution is -2.59. The molecule has 4 amide bonds. The van der Waals surface area contributed by atoms with E-state index in [0.29, 0.717) is 27.7 Å². The van der Waals surface area contributed by atoms with Gasteiger partial charge in [-0.15, -0.1) is 11.3 Å². The number of carbonyl (C=O) groups is 5. The number of Topliss-reactive ketones (excluding diaryl/α,β-unsaturated/α-hetero) is 1. The maximum atomic E-state index is 14.7. The zero-order chi connectivity index (χ0) is 50.0. The fourth-order valence-corrected chi connectivity index (χ4v) is 9.02. The van der Waals surface area contributed by atoms with E-state index in [1.807, 2.05) is 35.6 Å². The first-order chi connectivity index (χ1) is 32.7. The maximum absolute atomic E-state index is 14.7. The summed E-state index contributed by atoms with van der Waals surface area (Å²) in [5.74, 6) is -5.83. The van der Waals surface area contributed by atoms with Crippen LogP contribution in [0.3, 0.4) is 0 Å². The largest absolute Gasteiger partial charge is 0.485 e. The molecule has 69 heavy (non-hydrogen) atoms. The summed E-state index contributed by atoms with van der Waals surface area (Å²) in [5.41, 5.74) is 2.39. The summed E-state index contributed by atoms with van der Waals surface area (Å²) in [7, 11) is 0. The Morgan fingerprint density at radius 2 is 1.70 bits per heavy atom. The van der Waals surface area contributed by atoms with Crippen LogP contribution in [0.5, 0.6) is 5.75 Å². The van der Waals surface area contributed by atoms with Crippen LogP contribution in [0.25, 0.3) is 10.4 Å². The molecule has 2 fully saturated rings. The van der Waals surface area contributed by atoms with Gasteiger partial charge in [0.05, 0.1) is 45.7 Å². The van der Waals surface area contributed by atoms with Gasteiger partial charge < -0.3 is 30.7 Å². The number of β-amino-alcohol motifs (C(OH)–C–C–N with tert-alkyl or cyclic N) is 1. The number of aryl methyl sites for hydroxylation is 1. The second kappa shape index (κ2) is 23.6. The summed E-state index contributed by atoms with van der Waals surface area (Å²) >= 11 is 3.36. The summed E-state index contributed by atoms with van der Waals surface area (Å²) in [6, 6.07) is 9.24. The number of anilines is 2. The summed E-state index contributed by atoms with van der Waals surface area (Å²) in [4.78, 5) is 77.9. The molecule has 6 rings (SSSR count). The third-order valence-electron chi connectivity index (χ3n) is 11.9. The number of carbonyl (C=O) groups excluding carboxylic acids is 5. The Balaban J connectivity index is 0.940. The van der Waals surface area contributed by atoms with E-state index in [2.05, 4.69) is 26.4 Å². The number of unbranched alkanes of at least 4 members (excludes halogenated alkanes) is 5. The molecule has 372 valence electrons. The van der Waals surface area contributed by atoms with Gasteiger partial charge in [0.1, 0.15) is 30.3 Å². The van der Waals surface area contributed by atoms with Gasteiger partial charge in [0.2, 0.25) is 11.8 Å². The van der Waals surface area contributed by atoms with E-state index in [4.69, 9.17) is 9.57 Å². The molecule has 14 nitrogen and oxygen atoms in total. The van der Waals surface area contributed by atoms with E-state index >= 15 is 0 Å². The Morgan fingerprint density at radius 3 is 2.38 bits per heavy atom. The van der Waals surface area contributed by atoms with Crippen LogP contribution in [0, 0.1) is 33.4 Å². The Bertz CT molecular complexity index is 2520. The summed E-state index contributed by atoms with van der Waals surface area (Å²) in [5, 5.41) is 18.5. The number of aromatic nitrogens is 1. The fraction of sp³-hybridized carbons (Fsp3) is 0.469. The number of benzene rings is 3. The molecule has 1 saturated heterocycles. The SMILES string of the molecule is Cc1ncsc1-c1ccc(CNC(=O)C2C[C@@H](O)CN2C(=O)[C@@H](NC(=O)C2(F)CC2)C(C)(C)C)c(OCC(=O)CCCCCCCCONC(=O)c2ccc(F)c(F)c2Nc2ccc(I)cc2F)c1. The van der Waals surface area contributed by atoms with E-state index in [-0.39, 0.29) is 69.0 Å². The minimum atomic E-state index is -2.00. The van der Waals surface area contributed by atoms with E-state index < -0.39 is 76.0 Å². The molecule has 3 aromatic carbocycles. The van der Waals surface area contributed by atoms with Crippen molar-refractivity contribution in [3.63, 3.8) is 0 Å². The standard InChI is InChI=1S/C49H57F4IN6O8S/c1-28-42(69-27-56-28)29-12-13-30(24-55-45(64)38-23-33(62)25-60(38)46(65)43(48(2,3)4)58-47(66)49(53)18-19-49)39(21-29)67-26-32(61)11-9-7-5-6-8-10-20-68-59-44(63)34-15-16-35(50)40(52)41(34)57-37-17-14-31(54)22-36(37)51/h12-17,21-22,27,33,38,43,57,62H,5-11,18-20,23-26H2,1-4H3,(H,55,64)(H,58,66)(H,59,63)/t33-,38?,43-/m1/s1. The van der Waals surface area contributed by atoms with Crippen molar-refractivity contribution in [3.8, 4) is 16.2 Å². The van der Waals surface area contributed by atoms with Crippen molar-refractivity contribution < 1.29 is 56.2 Å². The van der Waals surface area contributed by atoms with Gasteiger partial charge in [-0.1, -0.05) is 58.6 Å². The number of nitrogens with zero attached hydrogens (tertiary/aromatic N) is 2. The Hall–Kier alpha value is -5.19. The van der Waals surface area contributed by atoms with Crippen molar-refractivity contribution >= 4 is 74.7 Å². The highest BCUT2D eigenvalue weighted by atomic mass is 127. The molecule has 1 unspecified atom stereocenters. The molecular formula is C49H57F4IN6O8S. The van der Waals surface area contributed by atoms with Crippen molar-refractivity contribution in [2.45, 2.75) is 122 Å². The van der Waals surface area contributed by atoms with Crippen molar-refractivity contribution in [1.82, 2.24) is 26.0 Å². The normalized spacial score (nSPS) is 16.7. The van der Waals surface area contributed by atoms with Gasteiger partial charge in [0, 0.05) is 35.1 Å². The number of hydroxylamine groups is 1. The highest BCUT2D eigenvalue weighted by Crippen LogP contribution is 2.41. The average Bonchev–Trinajstić information content (AvgIpc) is 3.71. The number of amides is 4. The molecule has 1 aliphatic heterocycles. The van der Waals surface area contributed by atoms with Crippen molar-refractivity contribution in [2.75, 3.05) is 25.1 Å². The Kier molecular flexibility index (Phi) is 18.2. The first-order valence-corrected chi connectivity index (χ1v) is 24.8. The van der Waals surface area contributed by atoms with E-state index in [1.54, 1.807) is 44.5 Å². The molecule has 0 bridgehead atoms. The summed E-state index contributed by atoms with van der Waals surface area (Å²) in [6.45, 7) is 6.85. The number of hydrogen-bond donors (Lipinski definition) is 5. The van der Waals surface area contributed by atoms with Crippen LogP contribution in [-0.4, -0.2) is 88.0 Å². The van der Waals surface area contributed by atoms with Crippen LogP contribution in [0.15, 0.2) is 54.0 Å². The van der Waals surface area contributed by atoms with Gasteiger partial charge in [-0.05, 0) is 103 Å². The average molecular weight is 1090 g/mol. The fourth-order valence-electron chi connectivity index (χ4n) is 7.77. The topological polar surface area (TPSA) is 188 Å². The van der Waals surface area contributed by atoms with Crippen molar-refractivity contribution in [2.24, 2.45) is 5.41 Å². The van der Waals surface area contributed by atoms with E-state index in [9.17, 15) is 46.6 Å². The zero-order valence-electron chi connectivity index (χ0n) is 38.8. The highest BCUT2D eigenvalue weighted by molar-refractivity contribution is 14.1. The van der Waals surface area contributed by atoms with Crippen LogP contribution >= 0.6 is 33.9 Å². The molecule has 0 spiro atoms. The molecule has 1 saturated carbocycles. The number of rotatable bonds is 23. The number of nitrogens with one attached hydrogen (secondary N) is 4. The third-order valence-corrected chi connectivity index (χ3v) is 13.6. The predicted molar refractivity (Wildman–Crippen MR) is 260 cm³/mol. The molecule has 5 N–H and O–H groups in total. The lowest BCUT2D eigenvalue weighted by Gasteiger charge is -2.35. The van der Waals surface area contributed by atoms with Crippen LogP contribution < -0.4 is 26.2 Å². The van der Waals surface area contributed by atoms with Crippen LogP contribution in [-0.2, 0) is 30.6 Å². The molecule has 3 atom stereocenters. The maximum Gasteiger partial charge on any atom is 0.277 e. The quantitative estimate of drug-likeness (QED) is 0.0209. The second-order valence-electron chi connectivity index (χ2n) is 18.5. The minimum absolute atomic E-state index is 0.0244. The molecule has 2 heterocycles. The van der Waals surface area contributed by atoms with E-state index in [1.165, 1.54) is 28.4 Å². The molecule has 4 aromatic rings. The predicted octanol–water partition coefficient (Wildman–Crippen LogP) is 8.54. The number of alkyl halides is 1. The number of halogens is 5.